The quantitative estimate of drug-likeness (QED) is 0.790. The van der Waals surface area contributed by atoms with E-state index in [2.05, 4.69) is 24.0 Å². The van der Waals surface area contributed by atoms with Crippen molar-refractivity contribution in [3.05, 3.63) is 51.7 Å². The Balaban J connectivity index is 1.78. The third-order valence-electron chi connectivity index (χ3n) is 4.77. The Labute approximate surface area is 148 Å². The number of ether oxygens (including phenoxy) is 1. The monoisotopic (exact) mass is 343 g/mol. The fourth-order valence-electron chi connectivity index (χ4n) is 3.61. The molecule has 1 amide bonds. The number of nitrogens with zero attached hydrogens (tertiary/aromatic N) is 1. The smallest absolute Gasteiger partial charge is 0.228 e. The molecule has 1 heterocycles. The Bertz CT molecular complexity index is 667. The summed E-state index contributed by atoms with van der Waals surface area (Å²) in [7, 11) is 1.73. The Kier molecular flexibility index (Phi) is 5.56. The molecule has 1 aliphatic rings. The number of benzene rings is 1. The van der Waals surface area contributed by atoms with Gasteiger partial charge in [0, 0.05) is 17.5 Å². The van der Waals surface area contributed by atoms with E-state index in [0.29, 0.717) is 6.42 Å². The molecule has 0 spiro atoms. The number of hydrogen-bond donors (Lipinski definition) is 0. The number of carbonyl (C=O) groups excluding carboxylic acids is 1. The number of thiophene rings is 1. The van der Waals surface area contributed by atoms with Crippen molar-refractivity contribution in [1.82, 2.24) is 4.90 Å². The highest BCUT2D eigenvalue weighted by molar-refractivity contribution is 7.10. The summed E-state index contributed by atoms with van der Waals surface area (Å²) in [5.74, 6) is 1.21. The number of rotatable bonds is 6. The van der Waals surface area contributed by atoms with Gasteiger partial charge in [-0.05, 0) is 54.3 Å². The van der Waals surface area contributed by atoms with Crippen LogP contribution in [-0.2, 0) is 24.1 Å². The van der Waals surface area contributed by atoms with Crippen molar-refractivity contribution in [3.63, 3.8) is 0 Å². The van der Waals surface area contributed by atoms with Gasteiger partial charge in [0.25, 0.3) is 0 Å². The molecule has 128 valence electrons. The SMILES string of the molecule is CCCN(C(=O)Cc1cccs1)C1CCc2cccc(OC)c2C1. The van der Waals surface area contributed by atoms with Crippen LogP contribution in [0.5, 0.6) is 5.75 Å². The minimum absolute atomic E-state index is 0.252. The van der Waals surface area contributed by atoms with E-state index in [1.165, 1.54) is 11.1 Å². The van der Waals surface area contributed by atoms with Crippen LogP contribution in [0.25, 0.3) is 0 Å². The summed E-state index contributed by atoms with van der Waals surface area (Å²) in [5.41, 5.74) is 2.65. The molecule has 1 aromatic heterocycles. The third-order valence-corrected chi connectivity index (χ3v) is 5.64. The van der Waals surface area contributed by atoms with Gasteiger partial charge in [-0.2, -0.15) is 0 Å². The first-order valence-electron chi connectivity index (χ1n) is 8.69. The Hall–Kier alpha value is -1.81. The van der Waals surface area contributed by atoms with Crippen LogP contribution in [-0.4, -0.2) is 30.5 Å². The van der Waals surface area contributed by atoms with Gasteiger partial charge >= 0.3 is 0 Å². The molecule has 1 aliphatic carbocycles. The minimum atomic E-state index is 0.252. The van der Waals surface area contributed by atoms with Crippen LogP contribution in [0.4, 0.5) is 0 Å². The normalized spacial score (nSPS) is 16.5. The second-order valence-corrected chi connectivity index (χ2v) is 7.37. The number of methoxy groups -OCH3 is 1. The summed E-state index contributed by atoms with van der Waals surface area (Å²) < 4.78 is 5.54. The predicted molar refractivity (Wildman–Crippen MR) is 98.8 cm³/mol. The third kappa shape index (κ3) is 3.64. The molecule has 24 heavy (non-hydrogen) atoms. The summed E-state index contributed by atoms with van der Waals surface area (Å²) in [6.45, 7) is 2.97. The van der Waals surface area contributed by atoms with E-state index in [0.717, 1.165) is 42.9 Å². The number of fused-ring (bicyclic) bond motifs is 1. The summed E-state index contributed by atoms with van der Waals surface area (Å²) in [4.78, 5) is 16.1. The van der Waals surface area contributed by atoms with E-state index < -0.39 is 0 Å². The van der Waals surface area contributed by atoms with Crippen molar-refractivity contribution in [2.45, 2.75) is 45.1 Å². The van der Waals surface area contributed by atoms with E-state index in [-0.39, 0.29) is 11.9 Å². The van der Waals surface area contributed by atoms with Gasteiger partial charge in [-0.25, -0.2) is 0 Å². The molecule has 1 atom stereocenters. The Morgan fingerprint density at radius 2 is 2.21 bits per heavy atom. The molecule has 0 saturated heterocycles. The summed E-state index contributed by atoms with van der Waals surface area (Å²) in [6.07, 6.45) is 4.47. The first kappa shape index (κ1) is 17.0. The highest BCUT2D eigenvalue weighted by Gasteiger charge is 2.28. The lowest BCUT2D eigenvalue weighted by molar-refractivity contribution is -0.133. The van der Waals surface area contributed by atoms with Gasteiger partial charge in [-0.3, -0.25) is 4.79 Å². The molecule has 2 aromatic rings. The maximum absolute atomic E-state index is 12.9. The maximum Gasteiger partial charge on any atom is 0.228 e. The number of carbonyl (C=O) groups is 1. The molecule has 0 radical (unpaired) electrons. The molecule has 3 nitrogen and oxygen atoms in total. The van der Waals surface area contributed by atoms with Gasteiger partial charge in [-0.15, -0.1) is 11.3 Å². The molecular weight excluding hydrogens is 318 g/mol. The van der Waals surface area contributed by atoms with Gasteiger partial charge in [0.1, 0.15) is 5.75 Å². The van der Waals surface area contributed by atoms with E-state index in [1.807, 2.05) is 23.6 Å². The fourth-order valence-corrected chi connectivity index (χ4v) is 4.31. The van der Waals surface area contributed by atoms with Gasteiger partial charge < -0.3 is 9.64 Å². The summed E-state index contributed by atoms with van der Waals surface area (Å²) >= 11 is 1.66. The Morgan fingerprint density at radius 1 is 1.33 bits per heavy atom. The van der Waals surface area contributed by atoms with E-state index in [9.17, 15) is 4.79 Å². The molecular formula is C20H25NO2S. The minimum Gasteiger partial charge on any atom is -0.496 e. The van der Waals surface area contributed by atoms with Crippen molar-refractivity contribution in [1.29, 1.82) is 0 Å². The molecule has 0 aliphatic heterocycles. The van der Waals surface area contributed by atoms with Crippen LogP contribution < -0.4 is 4.74 Å². The van der Waals surface area contributed by atoms with Crippen molar-refractivity contribution in [2.75, 3.05) is 13.7 Å². The van der Waals surface area contributed by atoms with Crippen molar-refractivity contribution in [2.24, 2.45) is 0 Å². The molecule has 0 saturated carbocycles. The molecule has 1 aromatic carbocycles. The highest BCUT2D eigenvalue weighted by Crippen LogP contribution is 2.31. The zero-order valence-corrected chi connectivity index (χ0v) is 15.3. The van der Waals surface area contributed by atoms with E-state index in [1.54, 1.807) is 18.4 Å². The molecule has 0 N–H and O–H groups in total. The summed E-state index contributed by atoms with van der Waals surface area (Å²) in [5, 5.41) is 2.04. The fraction of sp³-hybridized carbons (Fsp3) is 0.450. The predicted octanol–water partition coefficient (Wildman–Crippen LogP) is 4.10. The molecule has 3 rings (SSSR count). The topological polar surface area (TPSA) is 29.5 Å². The lowest BCUT2D eigenvalue weighted by Gasteiger charge is -2.35. The highest BCUT2D eigenvalue weighted by atomic mass is 32.1. The second kappa shape index (κ2) is 7.84. The van der Waals surface area contributed by atoms with Crippen LogP contribution in [0.2, 0.25) is 0 Å². The van der Waals surface area contributed by atoms with E-state index in [4.69, 9.17) is 4.74 Å². The van der Waals surface area contributed by atoms with Crippen LogP contribution in [0.15, 0.2) is 35.7 Å². The average molecular weight is 343 g/mol. The van der Waals surface area contributed by atoms with Gasteiger partial charge in [0.15, 0.2) is 0 Å². The lowest BCUT2D eigenvalue weighted by Crippen LogP contribution is -2.44. The van der Waals surface area contributed by atoms with Crippen LogP contribution in [0, 0.1) is 0 Å². The largest absolute Gasteiger partial charge is 0.496 e. The Morgan fingerprint density at radius 3 is 2.92 bits per heavy atom. The maximum atomic E-state index is 12.9. The van der Waals surface area contributed by atoms with Gasteiger partial charge in [0.2, 0.25) is 5.91 Å². The van der Waals surface area contributed by atoms with E-state index >= 15 is 0 Å². The molecule has 0 bridgehead atoms. The van der Waals surface area contributed by atoms with Crippen LogP contribution in [0.3, 0.4) is 0 Å². The second-order valence-electron chi connectivity index (χ2n) is 6.34. The van der Waals surface area contributed by atoms with Crippen molar-refractivity contribution < 1.29 is 9.53 Å². The first-order chi connectivity index (χ1) is 11.7. The standard InChI is InChI=1S/C20H25NO2S/c1-3-11-21(20(22)14-17-7-5-12-24-17)16-10-9-15-6-4-8-19(23-2)18(15)13-16/h4-8,12,16H,3,9-11,13-14H2,1-2H3. The van der Waals surface area contributed by atoms with Gasteiger partial charge in [-0.1, -0.05) is 25.1 Å². The zero-order chi connectivity index (χ0) is 16.9. The van der Waals surface area contributed by atoms with Crippen molar-refractivity contribution in [3.8, 4) is 5.75 Å². The molecule has 1 unspecified atom stereocenters. The average Bonchev–Trinajstić information content (AvgIpc) is 3.11. The van der Waals surface area contributed by atoms with Crippen molar-refractivity contribution >= 4 is 17.2 Å². The number of aryl methyl sites for hydroxylation is 1. The molecule has 0 fully saturated rings. The number of hydrogen-bond acceptors (Lipinski definition) is 3. The zero-order valence-electron chi connectivity index (χ0n) is 14.5. The first-order valence-corrected chi connectivity index (χ1v) is 9.57. The summed E-state index contributed by atoms with van der Waals surface area (Å²) in [6, 6.07) is 10.6. The van der Waals surface area contributed by atoms with Crippen LogP contribution in [0.1, 0.15) is 35.8 Å². The molecule has 4 heteroatoms. The van der Waals surface area contributed by atoms with Crippen LogP contribution >= 0.6 is 11.3 Å². The number of amides is 1. The van der Waals surface area contributed by atoms with Gasteiger partial charge in [0.05, 0.1) is 13.5 Å². The lowest BCUT2D eigenvalue weighted by atomic mass is 9.86.